The van der Waals surface area contributed by atoms with Gasteiger partial charge in [-0.15, -0.1) is 0 Å². The number of pyridine rings is 2. The van der Waals surface area contributed by atoms with Crippen LogP contribution in [0.3, 0.4) is 0 Å². The summed E-state index contributed by atoms with van der Waals surface area (Å²) < 4.78 is 1.50. The average Bonchev–Trinajstić information content (AvgIpc) is 2.76. The van der Waals surface area contributed by atoms with Gasteiger partial charge in [-0.3, -0.25) is 19.0 Å². The Kier molecular flexibility index (Phi) is 5.55. The summed E-state index contributed by atoms with van der Waals surface area (Å²) in [6.07, 6.45) is 2.38. The fourth-order valence-corrected chi connectivity index (χ4v) is 3.90. The first-order valence-electron chi connectivity index (χ1n) is 9.69. The van der Waals surface area contributed by atoms with Crippen LogP contribution in [0.4, 0.5) is 0 Å². The van der Waals surface area contributed by atoms with Gasteiger partial charge < -0.3 is 10.0 Å². The largest absolute Gasteiger partial charge is 0.481 e. The number of carboxylic acid groups (broad SMARTS) is 1. The molecule has 1 saturated heterocycles. The summed E-state index contributed by atoms with van der Waals surface area (Å²) in [5.74, 6) is -1.67. The highest BCUT2D eigenvalue weighted by Crippen LogP contribution is 2.20. The van der Waals surface area contributed by atoms with Gasteiger partial charge in [-0.2, -0.15) is 0 Å². The summed E-state index contributed by atoms with van der Waals surface area (Å²) in [6, 6.07) is 12.3. The topological polar surface area (TPSA) is 92.5 Å². The first kappa shape index (κ1) is 20.1. The molecule has 4 rings (SSSR count). The summed E-state index contributed by atoms with van der Waals surface area (Å²) >= 11 is 5.96. The second-order valence-corrected chi connectivity index (χ2v) is 7.83. The molecule has 0 unspecified atom stereocenters. The minimum atomic E-state index is -0.843. The van der Waals surface area contributed by atoms with Crippen LogP contribution in [-0.4, -0.2) is 44.5 Å². The number of carbonyl (C=O) groups excluding carboxylic acids is 1. The number of benzene rings is 1. The number of nitrogens with zero attached hydrogens (tertiary/aromatic N) is 3. The maximum absolute atomic E-state index is 13.3. The fourth-order valence-electron chi connectivity index (χ4n) is 3.78. The Morgan fingerprint density at radius 2 is 1.83 bits per heavy atom. The molecule has 0 saturated carbocycles. The van der Waals surface area contributed by atoms with Crippen LogP contribution in [0.1, 0.15) is 28.8 Å². The molecule has 1 aliphatic rings. The maximum Gasteiger partial charge on any atom is 0.306 e. The Bertz CT molecular complexity index is 1170. The Morgan fingerprint density at radius 3 is 2.50 bits per heavy atom. The van der Waals surface area contributed by atoms with Gasteiger partial charge in [-0.1, -0.05) is 23.7 Å². The molecule has 1 aromatic carbocycles. The molecule has 1 N–H and O–H groups in total. The van der Waals surface area contributed by atoms with E-state index in [-0.39, 0.29) is 18.0 Å². The highest BCUT2D eigenvalue weighted by Gasteiger charge is 2.29. The summed E-state index contributed by atoms with van der Waals surface area (Å²) in [5, 5.41) is 10.5. The van der Waals surface area contributed by atoms with Crippen molar-refractivity contribution in [2.45, 2.75) is 19.4 Å². The molecule has 0 atom stereocenters. The number of carboxylic acids is 1. The molecule has 1 amide bonds. The SMILES string of the molecule is O=C(O)C1CCN(C(=O)c2cc3cccnc3n(Cc3ccc(Cl)cc3)c2=O)CC1. The fraction of sp³-hybridized carbons (Fsp3) is 0.273. The van der Waals surface area contributed by atoms with Crippen molar-refractivity contribution in [1.82, 2.24) is 14.5 Å². The molecule has 2 aromatic heterocycles. The van der Waals surface area contributed by atoms with Gasteiger partial charge in [0.1, 0.15) is 11.2 Å². The van der Waals surface area contributed by atoms with Crippen LogP contribution in [0.15, 0.2) is 53.5 Å². The molecule has 0 radical (unpaired) electrons. The molecule has 0 spiro atoms. The van der Waals surface area contributed by atoms with Crippen LogP contribution in [-0.2, 0) is 11.3 Å². The van der Waals surface area contributed by atoms with Crippen molar-refractivity contribution in [2.75, 3.05) is 13.1 Å². The molecule has 3 heterocycles. The second kappa shape index (κ2) is 8.28. The van der Waals surface area contributed by atoms with Crippen LogP contribution in [0.2, 0.25) is 5.02 Å². The quantitative estimate of drug-likeness (QED) is 0.693. The van der Waals surface area contributed by atoms with Crippen LogP contribution < -0.4 is 5.56 Å². The zero-order valence-corrected chi connectivity index (χ0v) is 16.9. The molecule has 30 heavy (non-hydrogen) atoms. The number of carbonyl (C=O) groups is 2. The van der Waals surface area contributed by atoms with Crippen molar-refractivity contribution in [2.24, 2.45) is 5.92 Å². The monoisotopic (exact) mass is 425 g/mol. The van der Waals surface area contributed by atoms with Gasteiger partial charge in [-0.25, -0.2) is 4.98 Å². The number of rotatable bonds is 4. The summed E-state index contributed by atoms with van der Waals surface area (Å²) in [4.78, 5) is 43.5. The van der Waals surface area contributed by atoms with Crippen molar-refractivity contribution in [1.29, 1.82) is 0 Å². The lowest BCUT2D eigenvalue weighted by molar-refractivity contribution is -0.143. The molecular formula is C22H20ClN3O4. The van der Waals surface area contributed by atoms with Gasteiger partial charge in [-0.05, 0) is 48.7 Å². The Morgan fingerprint density at radius 1 is 1.13 bits per heavy atom. The smallest absolute Gasteiger partial charge is 0.306 e. The predicted octanol–water partition coefficient (Wildman–Crippen LogP) is 3.04. The lowest BCUT2D eigenvalue weighted by Gasteiger charge is -2.30. The van der Waals surface area contributed by atoms with Crippen LogP contribution in [0.25, 0.3) is 11.0 Å². The Labute approximate surface area is 177 Å². The molecule has 1 fully saturated rings. The number of piperidine rings is 1. The van der Waals surface area contributed by atoms with Crippen molar-refractivity contribution in [3.05, 3.63) is 75.2 Å². The highest BCUT2D eigenvalue weighted by atomic mass is 35.5. The molecule has 7 nitrogen and oxygen atoms in total. The normalized spacial score (nSPS) is 14.8. The molecular weight excluding hydrogens is 406 g/mol. The number of hydrogen-bond acceptors (Lipinski definition) is 4. The molecule has 8 heteroatoms. The highest BCUT2D eigenvalue weighted by molar-refractivity contribution is 6.30. The molecule has 154 valence electrons. The van der Waals surface area contributed by atoms with E-state index in [4.69, 9.17) is 16.7 Å². The molecule has 3 aromatic rings. The van der Waals surface area contributed by atoms with Crippen molar-refractivity contribution < 1.29 is 14.7 Å². The zero-order chi connectivity index (χ0) is 21.3. The predicted molar refractivity (Wildman–Crippen MR) is 113 cm³/mol. The standard InChI is InChI=1S/C22H20ClN3O4/c23-17-5-3-14(4-6-17)13-26-19-16(2-1-9-24-19)12-18(21(26)28)20(27)25-10-7-15(8-11-25)22(29)30/h1-6,9,12,15H,7-8,10-11,13H2,(H,29,30). The third kappa shape index (κ3) is 3.93. The number of likely N-dealkylation sites (tertiary alicyclic amines) is 1. The Hall–Kier alpha value is -3.19. The molecule has 0 aliphatic carbocycles. The van der Waals surface area contributed by atoms with E-state index in [0.717, 1.165) is 5.56 Å². The summed E-state index contributed by atoms with van der Waals surface area (Å²) in [6.45, 7) is 0.890. The van der Waals surface area contributed by atoms with Crippen molar-refractivity contribution in [3.8, 4) is 0 Å². The van der Waals surface area contributed by atoms with Crippen molar-refractivity contribution in [3.63, 3.8) is 0 Å². The van der Waals surface area contributed by atoms with E-state index in [2.05, 4.69) is 4.98 Å². The third-order valence-corrected chi connectivity index (χ3v) is 5.72. The van der Waals surface area contributed by atoms with Gasteiger partial charge in [0.15, 0.2) is 0 Å². The van der Waals surface area contributed by atoms with E-state index in [1.54, 1.807) is 35.4 Å². The number of amides is 1. The van der Waals surface area contributed by atoms with Crippen LogP contribution in [0, 0.1) is 5.92 Å². The van der Waals surface area contributed by atoms with E-state index >= 15 is 0 Å². The van der Waals surface area contributed by atoms with E-state index in [0.29, 0.717) is 42.0 Å². The van der Waals surface area contributed by atoms with E-state index in [9.17, 15) is 14.4 Å². The van der Waals surface area contributed by atoms with Gasteiger partial charge in [0.25, 0.3) is 11.5 Å². The van der Waals surface area contributed by atoms with E-state index in [1.807, 2.05) is 18.2 Å². The average molecular weight is 426 g/mol. The van der Waals surface area contributed by atoms with Crippen molar-refractivity contribution >= 4 is 34.5 Å². The van der Waals surface area contributed by atoms with Gasteiger partial charge >= 0.3 is 5.97 Å². The number of hydrogen-bond donors (Lipinski definition) is 1. The Balaban J connectivity index is 1.71. The maximum atomic E-state index is 13.3. The summed E-state index contributed by atoms with van der Waals surface area (Å²) in [7, 11) is 0. The molecule has 1 aliphatic heterocycles. The van der Waals surface area contributed by atoms with E-state index < -0.39 is 17.4 Å². The number of halogens is 1. The third-order valence-electron chi connectivity index (χ3n) is 5.46. The first-order chi connectivity index (χ1) is 14.4. The van der Waals surface area contributed by atoms with Gasteiger partial charge in [0.2, 0.25) is 0 Å². The van der Waals surface area contributed by atoms with Gasteiger partial charge in [0, 0.05) is 29.7 Å². The molecule has 0 bridgehead atoms. The minimum absolute atomic E-state index is 0.0678. The first-order valence-corrected chi connectivity index (χ1v) is 10.1. The lowest BCUT2D eigenvalue weighted by Crippen LogP contribution is -2.42. The van der Waals surface area contributed by atoms with Crippen LogP contribution >= 0.6 is 11.6 Å². The second-order valence-electron chi connectivity index (χ2n) is 7.40. The van der Waals surface area contributed by atoms with Gasteiger partial charge in [0.05, 0.1) is 12.5 Å². The number of aromatic nitrogens is 2. The number of fused-ring (bicyclic) bond motifs is 1. The lowest BCUT2D eigenvalue weighted by atomic mass is 9.96. The minimum Gasteiger partial charge on any atom is -0.481 e. The zero-order valence-electron chi connectivity index (χ0n) is 16.1. The van der Waals surface area contributed by atoms with E-state index in [1.165, 1.54) is 4.57 Å². The summed E-state index contributed by atoms with van der Waals surface area (Å²) in [5.41, 5.74) is 1.01. The number of aliphatic carboxylic acids is 1. The van der Waals surface area contributed by atoms with Crippen LogP contribution in [0.5, 0.6) is 0 Å².